The number of carbonyl (C=O) groups excluding carboxylic acids is 2. The maximum absolute atomic E-state index is 12.9. The molecule has 0 spiro atoms. The van der Waals surface area contributed by atoms with Crippen LogP contribution in [-0.4, -0.2) is 23.5 Å². The Labute approximate surface area is 200 Å². The molecule has 0 atom stereocenters. The molecule has 0 heterocycles. The second-order valence-electron chi connectivity index (χ2n) is 6.61. The lowest BCUT2D eigenvalue weighted by molar-refractivity contribution is -0.123. The normalized spacial score (nSPS) is 10.3. The maximum atomic E-state index is 12.9. The van der Waals surface area contributed by atoms with Gasteiger partial charge in [-0.25, -0.2) is 0 Å². The van der Waals surface area contributed by atoms with Crippen LogP contribution in [0.4, 0.5) is 0 Å². The van der Waals surface area contributed by atoms with Crippen molar-refractivity contribution in [1.29, 1.82) is 0 Å². The van der Waals surface area contributed by atoms with Crippen LogP contribution in [0.2, 0.25) is 10.0 Å². The minimum atomic E-state index is -0.557. The molecule has 6 nitrogen and oxygen atoms in total. The van der Waals surface area contributed by atoms with Gasteiger partial charge in [-0.05, 0) is 41.5 Å². The van der Waals surface area contributed by atoms with E-state index < -0.39 is 11.8 Å². The molecule has 0 aliphatic heterocycles. The van der Waals surface area contributed by atoms with E-state index in [1.165, 1.54) is 6.07 Å². The third-order valence-electron chi connectivity index (χ3n) is 4.33. The summed E-state index contributed by atoms with van der Waals surface area (Å²) in [6, 6.07) is 23.4. The van der Waals surface area contributed by atoms with Gasteiger partial charge in [-0.15, -0.1) is 0 Å². The number of benzene rings is 3. The van der Waals surface area contributed by atoms with Gasteiger partial charge in [0, 0.05) is 5.02 Å². The molecule has 0 aliphatic carbocycles. The highest BCUT2D eigenvalue weighted by Gasteiger charge is 2.22. The van der Waals surface area contributed by atoms with Crippen molar-refractivity contribution >= 4 is 52.3 Å². The second kappa shape index (κ2) is 11.5. The Morgan fingerprint density at radius 3 is 2.03 bits per heavy atom. The van der Waals surface area contributed by atoms with Crippen LogP contribution < -0.4 is 20.9 Å². The van der Waals surface area contributed by atoms with Crippen LogP contribution in [0, 0.1) is 0 Å². The van der Waals surface area contributed by atoms with E-state index in [9.17, 15) is 9.59 Å². The first-order chi connectivity index (χ1) is 15.4. The SMILES string of the molecule is O=C(COc1ccc(Cl)cc1Cl)NC(=S)NNC(=O)C(c1ccccc1)c1ccccc1. The molecule has 0 aliphatic rings. The molecule has 3 N–H and O–H groups in total. The topological polar surface area (TPSA) is 79.5 Å². The first-order valence-electron chi connectivity index (χ1n) is 9.51. The summed E-state index contributed by atoms with van der Waals surface area (Å²) in [5.41, 5.74) is 6.74. The average molecular weight is 488 g/mol. The first-order valence-corrected chi connectivity index (χ1v) is 10.7. The summed E-state index contributed by atoms with van der Waals surface area (Å²) in [5, 5.41) is 3.09. The van der Waals surface area contributed by atoms with E-state index in [0.29, 0.717) is 10.8 Å². The Morgan fingerprint density at radius 2 is 1.47 bits per heavy atom. The van der Waals surface area contributed by atoms with Gasteiger partial charge in [-0.2, -0.15) is 0 Å². The molecule has 2 amide bonds. The summed E-state index contributed by atoms with van der Waals surface area (Å²) in [7, 11) is 0. The minimum absolute atomic E-state index is 0.0750. The molecule has 3 aromatic rings. The van der Waals surface area contributed by atoms with Gasteiger partial charge in [0.25, 0.3) is 5.91 Å². The van der Waals surface area contributed by atoms with E-state index in [1.54, 1.807) is 12.1 Å². The number of hydrogen-bond donors (Lipinski definition) is 3. The van der Waals surface area contributed by atoms with E-state index in [4.69, 9.17) is 40.2 Å². The van der Waals surface area contributed by atoms with Crippen molar-refractivity contribution in [3.63, 3.8) is 0 Å². The average Bonchev–Trinajstić information content (AvgIpc) is 2.79. The third-order valence-corrected chi connectivity index (χ3v) is 5.07. The van der Waals surface area contributed by atoms with E-state index in [0.717, 1.165) is 11.1 Å². The van der Waals surface area contributed by atoms with Gasteiger partial charge in [-0.1, -0.05) is 83.9 Å². The van der Waals surface area contributed by atoms with Gasteiger partial charge in [0.1, 0.15) is 5.75 Å². The summed E-state index contributed by atoms with van der Waals surface area (Å²) in [6.07, 6.45) is 0. The standard InChI is InChI=1S/C23H19Cl2N3O3S/c24-17-11-12-19(18(25)13-17)31-14-20(29)26-23(32)28-27-22(30)21(15-7-3-1-4-8-15)16-9-5-2-6-10-16/h1-13,21H,14H2,(H,27,30)(H2,26,28,29,32). The van der Waals surface area contributed by atoms with Crippen molar-refractivity contribution < 1.29 is 14.3 Å². The van der Waals surface area contributed by atoms with Crippen LogP contribution in [0.1, 0.15) is 17.0 Å². The Kier molecular flexibility index (Phi) is 8.44. The van der Waals surface area contributed by atoms with Crippen LogP contribution in [0.15, 0.2) is 78.9 Å². The molecule has 3 rings (SSSR count). The molecule has 0 bridgehead atoms. The number of halogens is 2. The molecule has 0 aromatic heterocycles. The monoisotopic (exact) mass is 487 g/mol. The number of thiocarbonyl (C=S) groups is 1. The van der Waals surface area contributed by atoms with Crippen molar-refractivity contribution in [3.05, 3.63) is 100 Å². The van der Waals surface area contributed by atoms with Crippen LogP contribution in [0.25, 0.3) is 0 Å². The molecule has 0 unspecified atom stereocenters. The van der Waals surface area contributed by atoms with Gasteiger partial charge in [-0.3, -0.25) is 25.8 Å². The molecule has 0 saturated heterocycles. The number of ether oxygens (including phenoxy) is 1. The number of nitrogens with one attached hydrogen (secondary N) is 3. The van der Waals surface area contributed by atoms with E-state index in [1.807, 2.05) is 60.7 Å². The summed E-state index contributed by atoms with van der Waals surface area (Å²) in [4.78, 5) is 25.0. The van der Waals surface area contributed by atoms with Crippen LogP contribution in [0.5, 0.6) is 5.75 Å². The predicted octanol–water partition coefficient (Wildman–Crippen LogP) is 4.23. The van der Waals surface area contributed by atoms with E-state index in [2.05, 4.69) is 16.2 Å². The lowest BCUT2D eigenvalue weighted by Crippen LogP contribution is -2.50. The predicted molar refractivity (Wildman–Crippen MR) is 129 cm³/mol. The number of hydrazine groups is 1. The summed E-state index contributed by atoms with van der Waals surface area (Å²) < 4.78 is 5.36. The molecule has 9 heteroatoms. The highest BCUT2D eigenvalue weighted by molar-refractivity contribution is 7.80. The summed E-state index contributed by atoms with van der Waals surface area (Å²) >= 11 is 16.9. The van der Waals surface area contributed by atoms with Crippen LogP contribution in [0.3, 0.4) is 0 Å². The van der Waals surface area contributed by atoms with Crippen molar-refractivity contribution in [2.24, 2.45) is 0 Å². The summed E-state index contributed by atoms with van der Waals surface area (Å²) in [6.45, 7) is -0.326. The Hall–Kier alpha value is -3.13. The molecule has 0 fully saturated rings. The molecule has 32 heavy (non-hydrogen) atoms. The van der Waals surface area contributed by atoms with Gasteiger partial charge in [0.05, 0.1) is 10.9 Å². The number of rotatable bonds is 6. The van der Waals surface area contributed by atoms with Crippen molar-refractivity contribution in [3.8, 4) is 5.75 Å². The zero-order chi connectivity index (χ0) is 22.9. The molecule has 0 saturated carbocycles. The van der Waals surface area contributed by atoms with E-state index >= 15 is 0 Å². The molecular formula is C23H19Cl2N3O3S. The maximum Gasteiger partial charge on any atom is 0.264 e. The minimum Gasteiger partial charge on any atom is -0.482 e. The smallest absolute Gasteiger partial charge is 0.264 e. The van der Waals surface area contributed by atoms with Crippen LogP contribution in [-0.2, 0) is 9.59 Å². The Bertz CT molecular complexity index is 1060. The second-order valence-corrected chi connectivity index (χ2v) is 7.86. The molecule has 3 aromatic carbocycles. The molecule has 0 radical (unpaired) electrons. The first kappa shape index (κ1) is 23.5. The van der Waals surface area contributed by atoms with Gasteiger partial charge in [0.15, 0.2) is 11.7 Å². The van der Waals surface area contributed by atoms with Gasteiger partial charge < -0.3 is 4.74 Å². The zero-order valence-corrected chi connectivity index (χ0v) is 19.0. The lowest BCUT2D eigenvalue weighted by atomic mass is 9.91. The number of hydrogen-bond acceptors (Lipinski definition) is 4. The lowest BCUT2D eigenvalue weighted by Gasteiger charge is -2.19. The fraction of sp³-hybridized carbons (Fsp3) is 0.0870. The third kappa shape index (κ3) is 6.68. The van der Waals surface area contributed by atoms with Gasteiger partial charge >= 0.3 is 0 Å². The molecule has 164 valence electrons. The number of carbonyl (C=O) groups is 2. The summed E-state index contributed by atoms with van der Waals surface area (Å²) in [5.74, 6) is -1.10. The highest BCUT2D eigenvalue weighted by atomic mass is 35.5. The highest BCUT2D eigenvalue weighted by Crippen LogP contribution is 2.27. The largest absolute Gasteiger partial charge is 0.482 e. The Morgan fingerprint density at radius 1 is 0.875 bits per heavy atom. The van der Waals surface area contributed by atoms with Crippen LogP contribution >= 0.6 is 35.4 Å². The van der Waals surface area contributed by atoms with Gasteiger partial charge in [0.2, 0.25) is 5.91 Å². The van der Waals surface area contributed by atoms with Crippen molar-refractivity contribution in [1.82, 2.24) is 16.2 Å². The fourth-order valence-corrected chi connectivity index (χ4v) is 3.53. The van der Waals surface area contributed by atoms with Crippen molar-refractivity contribution in [2.75, 3.05) is 6.61 Å². The number of amides is 2. The fourth-order valence-electron chi connectivity index (χ4n) is 2.91. The zero-order valence-electron chi connectivity index (χ0n) is 16.7. The quantitative estimate of drug-likeness (QED) is 0.358. The van der Waals surface area contributed by atoms with Crippen molar-refractivity contribution in [2.45, 2.75) is 5.92 Å². The Balaban J connectivity index is 1.54. The molecular weight excluding hydrogens is 469 g/mol. The van der Waals surface area contributed by atoms with E-state index in [-0.39, 0.29) is 22.6 Å².